The van der Waals surface area contributed by atoms with Gasteiger partial charge in [-0.05, 0) is 0 Å². The Kier molecular flexibility index (Phi) is 2.27. The molecule has 0 unspecified atom stereocenters. The minimum Gasteiger partial charge on any atom is -0.619 e. The molecule has 0 N–H and O–H groups in total. The summed E-state index contributed by atoms with van der Waals surface area (Å²) in [5, 5.41) is 10.9. The highest BCUT2D eigenvalue weighted by Gasteiger charge is 2.00. The van der Waals surface area contributed by atoms with Crippen LogP contribution in [0.4, 0.5) is 0 Å². The van der Waals surface area contributed by atoms with Gasteiger partial charge in [0, 0.05) is 23.0 Å². The second-order valence-corrected chi connectivity index (χ2v) is 2.93. The fourth-order valence-corrected chi connectivity index (χ4v) is 1.15. The SMILES string of the molecule is CCc1cc(Br)cc[n+]1[O-]. The molecule has 10 heavy (non-hydrogen) atoms. The maximum atomic E-state index is 10.9. The third kappa shape index (κ3) is 1.48. The van der Waals surface area contributed by atoms with Gasteiger partial charge in [0.25, 0.3) is 0 Å². The van der Waals surface area contributed by atoms with Crippen LogP contribution in [0, 0.1) is 5.21 Å². The molecule has 0 aliphatic carbocycles. The molecule has 2 nitrogen and oxygen atoms in total. The van der Waals surface area contributed by atoms with Crippen LogP contribution >= 0.6 is 15.9 Å². The minimum atomic E-state index is 0.767. The Bertz CT molecular complexity index is 237. The average Bonchev–Trinajstić information content (AvgIpc) is 1.94. The molecular weight excluding hydrogens is 194 g/mol. The van der Waals surface area contributed by atoms with Crippen molar-refractivity contribution in [2.75, 3.05) is 0 Å². The molecule has 0 saturated heterocycles. The Morgan fingerprint density at radius 2 is 2.40 bits per heavy atom. The summed E-state index contributed by atoms with van der Waals surface area (Å²) in [5.74, 6) is 0. The Morgan fingerprint density at radius 1 is 1.70 bits per heavy atom. The molecule has 0 aliphatic heterocycles. The zero-order valence-electron chi connectivity index (χ0n) is 5.67. The van der Waals surface area contributed by atoms with Crippen LogP contribution in [0.3, 0.4) is 0 Å². The van der Waals surface area contributed by atoms with Gasteiger partial charge in [-0.25, -0.2) is 0 Å². The zero-order valence-corrected chi connectivity index (χ0v) is 7.26. The first kappa shape index (κ1) is 7.54. The molecule has 1 aromatic rings. The molecule has 1 rings (SSSR count). The predicted octanol–water partition coefficient (Wildman–Crippen LogP) is 1.64. The van der Waals surface area contributed by atoms with E-state index in [4.69, 9.17) is 0 Å². The lowest BCUT2D eigenvalue weighted by molar-refractivity contribution is -0.613. The van der Waals surface area contributed by atoms with Gasteiger partial charge in [0.05, 0.1) is 0 Å². The van der Waals surface area contributed by atoms with Gasteiger partial charge < -0.3 is 5.21 Å². The highest BCUT2D eigenvalue weighted by molar-refractivity contribution is 9.10. The number of halogens is 1. The van der Waals surface area contributed by atoms with E-state index in [1.807, 2.05) is 13.0 Å². The van der Waals surface area contributed by atoms with Crippen LogP contribution in [0.15, 0.2) is 22.8 Å². The number of aromatic nitrogens is 1. The number of hydrogen-bond acceptors (Lipinski definition) is 1. The quantitative estimate of drug-likeness (QED) is 0.502. The first-order chi connectivity index (χ1) is 4.74. The highest BCUT2D eigenvalue weighted by Crippen LogP contribution is 2.07. The third-order valence-electron chi connectivity index (χ3n) is 1.32. The fourth-order valence-electron chi connectivity index (χ4n) is 0.763. The number of pyridine rings is 1. The number of rotatable bonds is 1. The summed E-state index contributed by atoms with van der Waals surface area (Å²) in [6.45, 7) is 1.95. The summed E-state index contributed by atoms with van der Waals surface area (Å²) in [4.78, 5) is 0. The smallest absolute Gasteiger partial charge is 0.193 e. The molecular formula is C7H8BrNO. The first-order valence-corrected chi connectivity index (χ1v) is 3.91. The second-order valence-electron chi connectivity index (χ2n) is 2.02. The van der Waals surface area contributed by atoms with E-state index in [9.17, 15) is 5.21 Å². The largest absolute Gasteiger partial charge is 0.619 e. The van der Waals surface area contributed by atoms with Crippen molar-refractivity contribution in [3.63, 3.8) is 0 Å². The Labute approximate surface area is 68.2 Å². The van der Waals surface area contributed by atoms with Gasteiger partial charge in [-0.1, -0.05) is 22.9 Å². The molecule has 0 aliphatic rings. The van der Waals surface area contributed by atoms with Crippen LogP contribution in [0.1, 0.15) is 12.6 Å². The van der Waals surface area contributed by atoms with Gasteiger partial charge in [-0.2, -0.15) is 4.73 Å². The standard InChI is InChI=1S/C7H8BrNO/c1-2-7-5-6(8)3-4-9(7)10/h3-5H,2H2,1H3. The average molecular weight is 202 g/mol. The van der Waals surface area contributed by atoms with Crippen LogP contribution in [0.25, 0.3) is 0 Å². The Morgan fingerprint density at radius 3 is 2.90 bits per heavy atom. The van der Waals surface area contributed by atoms with Crippen LogP contribution in [0.5, 0.6) is 0 Å². The molecule has 0 fully saturated rings. The van der Waals surface area contributed by atoms with E-state index >= 15 is 0 Å². The van der Waals surface area contributed by atoms with Gasteiger partial charge in [0.15, 0.2) is 11.9 Å². The van der Waals surface area contributed by atoms with Crippen molar-refractivity contribution in [2.24, 2.45) is 0 Å². The lowest BCUT2D eigenvalue weighted by Gasteiger charge is -2.00. The summed E-state index contributed by atoms with van der Waals surface area (Å²) in [6, 6.07) is 3.55. The molecule has 0 atom stereocenters. The zero-order chi connectivity index (χ0) is 7.56. The Hall–Kier alpha value is -0.570. The van der Waals surface area contributed by atoms with Crippen LogP contribution in [0.2, 0.25) is 0 Å². The number of nitrogens with zero attached hydrogens (tertiary/aromatic N) is 1. The van der Waals surface area contributed by atoms with Gasteiger partial charge in [-0.15, -0.1) is 0 Å². The van der Waals surface area contributed by atoms with E-state index in [1.54, 1.807) is 6.07 Å². The van der Waals surface area contributed by atoms with E-state index < -0.39 is 0 Å². The van der Waals surface area contributed by atoms with Crippen molar-refractivity contribution in [3.05, 3.63) is 33.7 Å². The van der Waals surface area contributed by atoms with Crippen molar-refractivity contribution < 1.29 is 4.73 Å². The third-order valence-corrected chi connectivity index (χ3v) is 1.81. The molecule has 1 heterocycles. The molecule has 0 spiro atoms. The number of aryl methyl sites for hydroxylation is 1. The lowest BCUT2D eigenvalue weighted by Crippen LogP contribution is -2.30. The van der Waals surface area contributed by atoms with Crippen LogP contribution in [-0.4, -0.2) is 0 Å². The van der Waals surface area contributed by atoms with E-state index in [0.29, 0.717) is 0 Å². The van der Waals surface area contributed by atoms with Crippen molar-refractivity contribution >= 4 is 15.9 Å². The van der Waals surface area contributed by atoms with E-state index in [-0.39, 0.29) is 0 Å². The summed E-state index contributed by atoms with van der Waals surface area (Å²) >= 11 is 3.28. The van der Waals surface area contributed by atoms with E-state index in [0.717, 1.165) is 21.3 Å². The monoisotopic (exact) mass is 201 g/mol. The normalized spacial score (nSPS) is 9.80. The molecule has 54 valence electrons. The summed E-state index contributed by atoms with van der Waals surface area (Å²) in [5.41, 5.74) is 0.786. The van der Waals surface area contributed by atoms with Gasteiger partial charge in [-0.3, -0.25) is 0 Å². The topological polar surface area (TPSA) is 26.9 Å². The second kappa shape index (κ2) is 3.01. The summed E-state index contributed by atoms with van der Waals surface area (Å²) in [7, 11) is 0. The number of hydrogen-bond donors (Lipinski definition) is 0. The molecule has 0 bridgehead atoms. The maximum absolute atomic E-state index is 10.9. The predicted molar refractivity (Wildman–Crippen MR) is 42.5 cm³/mol. The van der Waals surface area contributed by atoms with Crippen molar-refractivity contribution in [2.45, 2.75) is 13.3 Å². The maximum Gasteiger partial charge on any atom is 0.193 e. The summed E-state index contributed by atoms with van der Waals surface area (Å²) in [6.07, 6.45) is 2.27. The van der Waals surface area contributed by atoms with Gasteiger partial charge >= 0.3 is 0 Å². The van der Waals surface area contributed by atoms with Crippen LogP contribution < -0.4 is 4.73 Å². The van der Waals surface area contributed by atoms with Gasteiger partial charge in [0.1, 0.15) is 0 Å². The minimum absolute atomic E-state index is 0.767. The molecule has 0 radical (unpaired) electrons. The molecule has 0 saturated carbocycles. The van der Waals surface area contributed by atoms with Crippen molar-refractivity contribution in [1.82, 2.24) is 0 Å². The summed E-state index contributed by atoms with van der Waals surface area (Å²) < 4.78 is 1.83. The molecule has 3 heteroatoms. The Balaban J connectivity index is 3.09. The molecule has 1 aromatic heterocycles. The highest BCUT2D eigenvalue weighted by atomic mass is 79.9. The molecule has 0 aromatic carbocycles. The van der Waals surface area contributed by atoms with E-state index in [2.05, 4.69) is 15.9 Å². The first-order valence-electron chi connectivity index (χ1n) is 3.11. The van der Waals surface area contributed by atoms with Crippen molar-refractivity contribution in [3.8, 4) is 0 Å². The van der Waals surface area contributed by atoms with E-state index in [1.165, 1.54) is 6.20 Å². The molecule has 0 amide bonds. The van der Waals surface area contributed by atoms with Crippen LogP contribution in [-0.2, 0) is 6.42 Å². The fraction of sp³-hybridized carbons (Fsp3) is 0.286. The van der Waals surface area contributed by atoms with Gasteiger partial charge in [0.2, 0.25) is 0 Å². The lowest BCUT2D eigenvalue weighted by atomic mass is 10.3. The van der Waals surface area contributed by atoms with Crippen molar-refractivity contribution in [1.29, 1.82) is 0 Å².